The Labute approximate surface area is 98.4 Å². The van der Waals surface area contributed by atoms with Crippen molar-refractivity contribution in [1.29, 1.82) is 0 Å². The predicted molar refractivity (Wildman–Crippen MR) is 38.2 cm³/mol. The van der Waals surface area contributed by atoms with Crippen molar-refractivity contribution in [1.82, 2.24) is 0 Å². The number of aliphatic carboxylic acids is 1. The molecule has 0 bridgehead atoms. The van der Waals surface area contributed by atoms with Crippen LogP contribution in [0.25, 0.3) is 0 Å². The summed E-state index contributed by atoms with van der Waals surface area (Å²) in [5.41, 5.74) is 4.57. The maximum absolute atomic E-state index is 9.24. The molecular formula is C2H8ClNNa2O2. The summed E-state index contributed by atoms with van der Waals surface area (Å²) in [6.45, 7) is -0.278. The molecule has 0 fully saturated rings. The van der Waals surface area contributed by atoms with Crippen LogP contribution in [-0.2, 0) is 4.79 Å². The fourth-order valence-electron chi connectivity index (χ4n) is 0. The summed E-state index contributed by atoms with van der Waals surface area (Å²) in [5, 5.41) is 7.60. The fraction of sp³-hybridized carbons (Fsp3) is 0.500. The van der Waals surface area contributed by atoms with Crippen molar-refractivity contribution in [2.24, 2.45) is 5.73 Å². The van der Waals surface area contributed by atoms with E-state index in [1.165, 1.54) is 0 Å². The molecular weight excluding hydrogens is 151 g/mol. The van der Waals surface area contributed by atoms with Gasteiger partial charge in [0.25, 0.3) is 0 Å². The van der Waals surface area contributed by atoms with E-state index in [0.29, 0.717) is 0 Å². The number of hydrogen-bond acceptors (Lipinski definition) is 2. The van der Waals surface area contributed by atoms with Gasteiger partial charge in [0.1, 0.15) is 0 Å². The Morgan fingerprint density at radius 2 is 1.62 bits per heavy atom. The average Bonchev–Trinajstić information content (AvgIpc) is 1.38. The van der Waals surface area contributed by atoms with Gasteiger partial charge in [0.2, 0.25) is 0 Å². The number of carbonyl (C=O) groups is 1. The average molecular weight is 160 g/mol. The van der Waals surface area contributed by atoms with Gasteiger partial charge in [-0.2, -0.15) is 0 Å². The minimum absolute atomic E-state index is 0. The predicted octanol–water partition coefficient (Wildman–Crippen LogP) is -1.85. The Morgan fingerprint density at radius 3 is 1.62 bits per heavy atom. The molecule has 42 valence electrons. The van der Waals surface area contributed by atoms with E-state index in [1.807, 2.05) is 0 Å². The van der Waals surface area contributed by atoms with E-state index in [1.54, 1.807) is 0 Å². The van der Waals surface area contributed by atoms with Crippen LogP contribution in [0.2, 0.25) is 0 Å². The molecule has 0 spiro atoms. The number of nitrogens with two attached hydrogens (primary N) is 1. The molecule has 8 heavy (non-hydrogen) atoms. The van der Waals surface area contributed by atoms with Crippen LogP contribution in [0, 0.1) is 0 Å². The van der Waals surface area contributed by atoms with Gasteiger partial charge in [0, 0.05) is 0 Å². The van der Waals surface area contributed by atoms with Crippen LogP contribution in [0.3, 0.4) is 0 Å². The minimum atomic E-state index is -0.968. The summed E-state index contributed by atoms with van der Waals surface area (Å²) >= 11 is 0. The van der Waals surface area contributed by atoms with Gasteiger partial charge in [-0.15, -0.1) is 12.4 Å². The first-order chi connectivity index (χ1) is 2.27. The molecule has 0 atom stereocenters. The topological polar surface area (TPSA) is 63.3 Å². The second-order valence-corrected chi connectivity index (χ2v) is 0.598. The normalized spacial score (nSPS) is 4.62. The van der Waals surface area contributed by atoms with Gasteiger partial charge in [-0.05, 0) is 0 Å². The number of halogens is 1. The Bertz CT molecular complexity index is 53.3. The number of rotatable bonds is 1. The van der Waals surface area contributed by atoms with Crippen LogP contribution in [0.15, 0.2) is 0 Å². The Balaban J connectivity index is -0.0000000267. The molecule has 3 nitrogen and oxygen atoms in total. The van der Waals surface area contributed by atoms with E-state index in [4.69, 9.17) is 5.11 Å². The zero-order valence-corrected chi connectivity index (χ0v) is 3.86. The molecule has 0 saturated carbocycles. The van der Waals surface area contributed by atoms with Crippen molar-refractivity contribution in [3.05, 3.63) is 0 Å². The summed E-state index contributed by atoms with van der Waals surface area (Å²) < 4.78 is 0. The summed E-state index contributed by atoms with van der Waals surface area (Å²) in [4.78, 5) is 9.24. The molecule has 0 rings (SSSR count). The Hall–Kier alpha value is 1.72. The van der Waals surface area contributed by atoms with Crippen molar-refractivity contribution < 1.29 is 9.90 Å². The molecule has 6 heteroatoms. The number of hydrogen-bond donors (Lipinski definition) is 2. The molecule has 0 radical (unpaired) electrons. The van der Waals surface area contributed by atoms with Crippen molar-refractivity contribution >= 4 is 77.5 Å². The van der Waals surface area contributed by atoms with E-state index in [0.717, 1.165) is 0 Å². The van der Waals surface area contributed by atoms with Crippen molar-refractivity contribution in [3.8, 4) is 0 Å². The second-order valence-electron chi connectivity index (χ2n) is 0.598. The zero-order valence-electron chi connectivity index (χ0n) is 3.05. The van der Waals surface area contributed by atoms with E-state index in [-0.39, 0.29) is 78.1 Å². The summed E-state index contributed by atoms with van der Waals surface area (Å²) in [5.74, 6) is -0.968. The first-order valence-corrected chi connectivity index (χ1v) is 1.19. The monoisotopic (exact) mass is 159 g/mol. The molecule has 0 aromatic rings. The SMILES string of the molecule is Cl.NCC(=O)O.[NaH].[NaH]. The molecule has 0 aliphatic rings. The Kier molecular flexibility index (Phi) is 44.9. The van der Waals surface area contributed by atoms with Gasteiger partial charge < -0.3 is 10.8 Å². The summed E-state index contributed by atoms with van der Waals surface area (Å²) in [6, 6.07) is 0. The first kappa shape index (κ1) is 22.6. The molecule has 0 amide bonds. The summed E-state index contributed by atoms with van der Waals surface area (Å²) in [7, 11) is 0. The molecule has 0 aliphatic heterocycles. The van der Waals surface area contributed by atoms with E-state index >= 15 is 0 Å². The summed E-state index contributed by atoms with van der Waals surface area (Å²) in [6.07, 6.45) is 0. The first-order valence-electron chi connectivity index (χ1n) is 1.19. The van der Waals surface area contributed by atoms with E-state index < -0.39 is 5.97 Å². The molecule has 0 saturated heterocycles. The maximum atomic E-state index is 9.24. The van der Waals surface area contributed by atoms with Gasteiger partial charge >= 0.3 is 65.1 Å². The Morgan fingerprint density at radius 1 is 1.50 bits per heavy atom. The van der Waals surface area contributed by atoms with Crippen LogP contribution >= 0.6 is 12.4 Å². The van der Waals surface area contributed by atoms with Crippen molar-refractivity contribution in [2.75, 3.05) is 6.54 Å². The molecule has 3 N–H and O–H groups in total. The van der Waals surface area contributed by atoms with Crippen molar-refractivity contribution in [2.45, 2.75) is 0 Å². The standard InChI is InChI=1S/C2H5NO2.ClH.2Na.2H/c3-1-2(4)5;;;;;/h1,3H2,(H,4,5);1H;;;;. The van der Waals surface area contributed by atoms with Crippen molar-refractivity contribution in [3.63, 3.8) is 0 Å². The van der Waals surface area contributed by atoms with Crippen LogP contribution in [0.1, 0.15) is 0 Å². The molecule has 0 heterocycles. The van der Waals surface area contributed by atoms with Gasteiger partial charge in [-0.25, -0.2) is 0 Å². The van der Waals surface area contributed by atoms with E-state index in [9.17, 15) is 4.79 Å². The molecule has 0 aliphatic carbocycles. The van der Waals surface area contributed by atoms with Crippen LogP contribution < -0.4 is 5.73 Å². The van der Waals surface area contributed by atoms with E-state index in [2.05, 4.69) is 5.73 Å². The third kappa shape index (κ3) is 25.2. The van der Waals surface area contributed by atoms with Crippen LogP contribution in [0.5, 0.6) is 0 Å². The number of carboxylic acids is 1. The molecule has 0 aromatic carbocycles. The van der Waals surface area contributed by atoms with Gasteiger partial charge in [0.15, 0.2) is 0 Å². The van der Waals surface area contributed by atoms with Gasteiger partial charge in [-0.3, -0.25) is 4.79 Å². The van der Waals surface area contributed by atoms with Gasteiger partial charge in [-0.1, -0.05) is 0 Å². The third-order valence-electron chi connectivity index (χ3n) is 0.175. The second kappa shape index (κ2) is 15.9. The van der Waals surface area contributed by atoms with Gasteiger partial charge in [0.05, 0.1) is 6.54 Å². The molecule has 0 unspecified atom stereocenters. The third-order valence-corrected chi connectivity index (χ3v) is 0.175. The zero-order chi connectivity index (χ0) is 4.28. The molecule has 0 aromatic heterocycles. The van der Waals surface area contributed by atoms with Crippen LogP contribution in [0.4, 0.5) is 0 Å². The quantitative estimate of drug-likeness (QED) is 0.442. The fourth-order valence-corrected chi connectivity index (χ4v) is 0. The number of carboxylic acid groups (broad SMARTS) is 1. The van der Waals surface area contributed by atoms with Crippen LogP contribution in [-0.4, -0.2) is 76.7 Å².